The Labute approximate surface area is 146 Å². The molecule has 0 amide bonds. The summed E-state index contributed by atoms with van der Waals surface area (Å²) in [6, 6.07) is 5.83. The van der Waals surface area contributed by atoms with Crippen LogP contribution in [0.3, 0.4) is 0 Å². The smallest absolute Gasteiger partial charge is 0.152 e. The molecule has 0 radical (unpaired) electrons. The Morgan fingerprint density at radius 2 is 1.68 bits per heavy atom. The van der Waals surface area contributed by atoms with Crippen LogP contribution in [0.15, 0.2) is 36.7 Å². The van der Waals surface area contributed by atoms with Crippen LogP contribution in [0.1, 0.15) is 49.6 Å². The first-order valence-electron chi connectivity index (χ1n) is 8.52. The molecule has 0 saturated heterocycles. The molecule has 0 aliphatic heterocycles. The largest absolute Gasteiger partial charge is 0.298 e. The van der Waals surface area contributed by atoms with Gasteiger partial charge in [-0.25, -0.2) is 4.39 Å². The normalized spacial score (nSPS) is 15.2. The lowest BCUT2D eigenvalue weighted by atomic mass is 9.89. The van der Waals surface area contributed by atoms with E-state index in [1.165, 1.54) is 12.1 Å². The van der Waals surface area contributed by atoms with Crippen molar-refractivity contribution in [2.75, 3.05) is 0 Å². The highest BCUT2D eigenvalue weighted by atomic mass is 19.1. The van der Waals surface area contributed by atoms with Crippen molar-refractivity contribution in [2.45, 2.75) is 45.4 Å². The van der Waals surface area contributed by atoms with Gasteiger partial charge in [0.05, 0.1) is 23.2 Å². The first kappa shape index (κ1) is 17.4. The molecule has 1 fully saturated rings. The number of hydrogen-bond donors (Lipinski definition) is 0. The minimum Gasteiger partial charge on any atom is -0.298 e. The van der Waals surface area contributed by atoms with Crippen molar-refractivity contribution in [1.82, 2.24) is 9.97 Å². The summed E-state index contributed by atoms with van der Waals surface area (Å²) >= 11 is 0. The van der Waals surface area contributed by atoms with Crippen LogP contribution in [-0.2, 0) is 22.4 Å². The van der Waals surface area contributed by atoms with Crippen molar-refractivity contribution >= 4 is 11.6 Å². The van der Waals surface area contributed by atoms with E-state index in [9.17, 15) is 14.0 Å². The first-order valence-corrected chi connectivity index (χ1v) is 8.52. The second-order valence-corrected chi connectivity index (χ2v) is 7.00. The standard InChI is InChI=1S/C20H21FN2O2/c1-13(2)17-12-22-16(11-23-17)10-19(25)20(7-8-20)18(24)9-14-3-5-15(21)6-4-14/h3-6,11-13H,7-10H2,1-2H3. The molecule has 25 heavy (non-hydrogen) atoms. The number of rotatable bonds is 7. The highest BCUT2D eigenvalue weighted by Crippen LogP contribution is 2.48. The number of aromatic nitrogens is 2. The molecule has 1 aromatic heterocycles. The minimum absolute atomic E-state index is 0.0872. The van der Waals surface area contributed by atoms with Crippen molar-refractivity contribution in [3.05, 3.63) is 59.4 Å². The number of halogens is 1. The summed E-state index contributed by atoms with van der Waals surface area (Å²) < 4.78 is 13.0. The SMILES string of the molecule is CC(C)c1cnc(CC(=O)C2(C(=O)Cc3ccc(F)cc3)CC2)cn1. The predicted octanol–water partition coefficient (Wildman–Crippen LogP) is 3.44. The molecule has 1 saturated carbocycles. The van der Waals surface area contributed by atoms with Crippen LogP contribution in [0, 0.1) is 11.2 Å². The molecular weight excluding hydrogens is 319 g/mol. The molecule has 1 aromatic carbocycles. The summed E-state index contributed by atoms with van der Waals surface area (Å²) in [7, 11) is 0. The zero-order valence-corrected chi connectivity index (χ0v) is 14.5. The number of carbonyl (C=O) groups excluding carboxylic acids is 2. The maximum Gasteiger partial charge on any atom is 0.152 e. The third-order valence-electron chi connectivity index (χ3n) is 4.75. The first-order chi connectivity index (χ1) is 11.9. The molecular formula is C20H21FN2O2. The van der Waals surface area contributed by atoms with Crippen molar-refractivity contribution in [2.24, 2.45) is 5.41 Å². The lowest BCUT2D eigenvalue weighted by molar-refractivity contribution is -0.133. The van der Waals surface area contributed by atoms with Crippen LogP contribution in [0.4, 0.5) is 4.39 Å². The Morgan fingerprint density at radius 1 is 1.04 bits per heavy atom. The molecule has 0 spiro atoms. The predicted molar refractivity (Wildman–Crippen MR) is 91.6 cm³/mol. The third kappa shape index (κ3) is 3.81. The van der Waals surface area contributed by atoms with E-state index in [2.05, 4.69) is 9.97 Å². The van der Waals surface area contributed by atoms with E-state index in [-0.39, 0.29) is 36.1 Å². The third-order valence-corrected chi connectivity index (χ3v) is 4.75. The van der Waals surface area contributed by atoms with E-state index < -0.39 is 5.41 Å². The van der Waals surface area contributed by atoms with Crippen LogP contribution >= 0.6 is 0 Å². The number of Topliss-reactive ketones (excluding diaryl/α,β-unsaturated/α-hetero) is 2. The topological polar surface area (TPSA) is 59.9 Å². The van der Waals surface area contributed by atoms with Gasteiger partial charge >= 0.3 is 0 Å². The minimum atomic E-state index is -0.882. The molecule has 0 unspecified atom stereocenters. The fraction of sp³-hybridized carbons (Fsp3) is 0.400. The van der Waals surface area contributed by atoms with Gasteiger partial charge in [0.1, 0.15) is 5.82 Å². The summed E-state index contributed by atoms with van der Waals surface area (Å²) in [5.74, 6) is -0.233. The number of hydrogen-bond acceptors (Lipinski definition) is 4. The fourth-order valence-electron chi connectivity index (χ4n) is 2.88. The van der Waals surface area contributed by atoms with Crippen LogP contribution in [0.25, 0.3) is 0 Å². The summed E-state index contributed by atoms with van der Waals surface area (Å²) in [5.41, 5.74) is 1.32. The number of benzene rings is 1. The van der Waals surface area contributed by atoms with Crippen LogP contribution in [0.5, 0.6) is 0 Å². The van der Waals surface area contributed by atoms with E-state index >= 15 is 0 Å². The monoisotopic (exact) mass is 340 g/mol. The van der Waals surface area contributed by atoms with Gasteiger partial charge in [0.2, 0.25) is 0 Å². The van der Waals surface area contributed by atoms with Crippen molar-refractivity contribution < 1.29 is 14.0 Å². The van der Waals surface area contributed by atoms with E-state index in [0.29, 0.717) is 18.5 Å². The van der Waals surface area contributed by atoms with Gasteiger partial charge in [-0.2, -0.15) is 0 Å². The Balaban J connectivity index is 1.66. The quantitative estimate of drug-likeness (QED) is 0.725. The number of carbonyl (C=O) groups is 2. The second-order valence-electron chi connectivity index (χ2n) is 7.00. The Bertz CT molecular complexity index is 778. The average molecular weight is 340 g/mol. The molecule has 3 rings (SSSR count). The van der Waals surface area contributed by atoms with E-state index in [0.717, 1.165) is 11.3 Å². The molecule has 0 N–H and O–H groups in total. The van der Waals surface area contributed by atoms with Gasteiger partial charge in [0, 0.05) is 18.8 Å². The van der Waals surface area contributed by atoms with Gasteiger partial charge in [0.25, 0.3) is 0 Å². The van der Waals surface area contributed by atoms with Crippen LogP contribution in [-0.4, -0.2) is 21.5 Å². The van der Waals surface area contributed by atoms with Crippen LogP contribution < -0.4 is 0 Å². The lowest BCUT2D eigenvalue weighted by Gasteiger charge is -2.13. The zero-order valence-electron chi connectivity index (χ0n) is 14.5. The number of nitrogens with zero attached hydrogens (tertiary/aromatic N) is 2. The summed E-state index contributed by atoms with van der Waals surface area (Å²) in [5, 5.41) is 0. The molecule has 2 aromatic rings. The van der Waals surface area contributed by atoms with Gasteiger partial charge in [-0.3, -0.25) is 19.6 Å². The molecule has 0 atom stereocenters. The van der Waals surface area contributed by atoms with Crippen LogP contribution in [0.2, 0.25) is 0 Å². The van der Waals surface area contributed by atoms with Gasteiger partial charge in [-0.05, 0) is 36.5 Å². The molecule has 1 aliphatic carbocycles. The molecule has 5 heteroatoms. The maximum absolute atomic E-state index is 13.0. The number of ketones is 2. The second kappa shape index (κ2) is 6.82. The highest BCUT2D eigenvalue weighted by Gasteiger charge is 2.54. The summed E-state index contributed by atoms with van der Waals surface area (Å²) in [6.45, 7) is 4.06. The fourth-order valence-corrected chi connectivity index (χ4v) is 2.88. The van der Waals surface area contributed by atoms with Crippen molar-refractivity contribution in [3.8, 4) is 0 Å². The highest BCUT2D eigenvalue weighted by molar-refractivity contribution is 6.10. The van der Waals surface area contributed by atoms with Gasteiger partial charge in [-0.1, -0.05) is 26.0 Å². The van der Waals surface area contributed by atoms with Gasteiger partial charge in [-0.15, -0.1) is 0 Å². The molecule has 0 bridgehead atoms. The molecule has 130 valence electrons. The molecule has 1 heterocycles. The van der Waals surface area contributed by atoms with Gasteiger partial charge in [0.15, 0.2) is 11.6 Å². The van der Waals surface area contributed by atoms with E-state index in [4.69, 9.17) is 0 Å². The van der Waals surface area contributed by atoms with E-state index in [1.807, 2.05) is 13.8 Å². The molecule has 1 aliphatic rings. The lowest BCUT2D eigenvalue weighted by Crippen LogP contribution is -2.29. The maximum atomic E-state index is 13.0. The zero-order chi connectivity index (χ0) is 18.0. The molecule has 4 nitrogen and oxygen atoms in total. The Kier molecular flexibility index (Phi) is 4.75. The summed E-state index contributed by atoms with van der Waals surface area (Å²) in [4.78, 5) is 33.9. The van der Waals surface area contributed by atoms with Crippen molar-refractivity contribution in [1.29, 1.82) is 0 Å². The Hall–Kier alpha value is -2.43. The van der Waals surface area contributed by atoms with Gasteiger partial charge < -0.3 is 0 Å². The Morgan fingerprint density at radius 3 is 2.20 bits per heavy atom. The summed E-state index contributed by atoms with van der Waals surface area (Å²) in [6.07, 6.45) is 4.76. The van der Waals surface area contributed by atoms with Crippen molar-refractivity contribution in [3.63, 3.8) is 0 Å². The van der Waals surface area contributed by atoms with E-state index in [1.54, 1.807) is 24.5 Å². The average Bonchev–Trinajstić information content (AvgIpc) is 3.39.